The topological polar surface area (TPSA) is 53.9 Å². The number of fused-ring (bicyclic) bond motifs is 1. The van der Waals surface area contributed by atoms with Crippen LogP contribution in [0.5, 0.6) is 5.75 Å². The highest BCUT2D eigenvalue weighted by molar-refractivity contribution is 5.97. The van der Waals surface area contributed by atoms with E-state index in [-0.39, 0.29) is 11.8 Å². The lowest BCUT2D eigenvalue weighted by Gasteiger charge is -2.19. The fourth-order valence-corrected chi connectivity index (χ4v) is 3.33. The number of anilines is 1. The summed E-state index contributed by atoms with van der Waals surface area (Å²) in [7, 11) is 5.74. The fraction of sp³-hybridized carbons (Fsp3) is 0.364. The van der Waals surface area contributed by atoms with Crippen LogP contribution in [0.2, 0.25) is 0 Å². The zero-order chi connectivity index (χ0) is 19.2. The normalized spacial score (nSPS) is 13.5. The molecule has 1 atom stereocenters. The number of ether oxygens (including phenoxy) is 1. The molecule has 0 aromatic heterocycles. The molecular weight excluding hydrogens is 338 g/mol. The molecule has 0 radical (unpaired) electrons. The molecule has 1 aliphatic heterocycles. The summed E-state index contributed by atoms with van der Waals surface area (Å²) in [6.07, 6.45) is 3.59. The number of carbonyl (C=O) groups is 1. The lowest BCUT2D eigenvalue weighted by molar-refractivity contribution is -0.117. The third-order valence-electron chi connectivity index (χ3n) is 4.82. The number of rotatable bonds is 8. The minimum atomic E-state index is -0.220. The Morgan fingerprint density at radius 1 is 1.26 bits per heavy atom. The van der Waals surface area contributed by atoms with E-state index in [0.29, 0.717) is 0 Å². The van der Waals surface area contributed by atoms with E-state index in [1.54, 1.807) is 7.11 Å². The summed E-state index contributed by atoms with van der Waals surface area (Å²) < 4.78 is 5.34. The standard InChI is InChI=1S/C22H27N3O2/c1-25(2)11-5-8-21(16-6-4-7-20(13-16)27-3)22(26)24-19-10-9-17-14-23-15-18(17)12-19/h4,6-7,9-10,12-13,15,21H,5,8,11,14H2,1-3H3,(H,24,26). The predicted octanol–water partition coefficient (Wildman–Crippen LogP) is 3.69. The highest BCUT2D eigenvalue weighted by atomic mass is 16.5. The number of aliphatic imine (C=N–C) groups is 1. The van der Waals surface area contributed by atoms with Crippen molar-refractivity contribution in [1.29, 1.82) is 0 Å². The summed E-state index contributed by atoms with van der Waals surface area (Å²) in [5, 5.41) is 3.09. The summed E-state index contributed by atoms with van der Waals surface area (Å²) >= 11 is 0. The molecule has 1 amide bonds. The lowest BCUT2D eigenvalue weighted by Crippen LogP contribution is -2.23. The second-order valence-corrected chi connectivity index (χ2v) is 7.15. The quantitative estimate of drug-likeness (QED) is 0.776. The molecule has 0 spiro atoms. The van der Waals surface area contributed by atoms with E-state index in [1.165, 1.54) is 5.56 Å². The summed E-state index contributed by atoms with van der Waals surface area (Å²) in [4.78, 5) is 19.5. The molecule has 0 fully saturated rings. The van der Waals surface area contributed by atoms with E-state index in [2.05, 4.69) is 15.2 Å². The van der Waals surface area contributed by atoms with Crippen molar-refractivity contribution < 1.29 is 9.53 Å². The maximum absolute atomic E-state index is 13.1. The first kappa shape index (κ1) is 19.1. The van der Waals surface area contributed by atoms with Crippen LogP contribution in [0, 0.1) is 0 Å². The van der Waals surface area contributed by atoms with Gasteiger partial charge >= 0.3 is 0 Å². The summed E-state index contributed by atoms with van der Waals surface area (Å²) in [6, 6.07) is 13.8. The van der Waals surface area contributed by atoms with Gasteiger partial charge in [0.2, 0.25) is 5.91 Å². The second-order valence-electron chi connectivity index (χ2n) is 7.15. The van der Waals surface area contributed by atoms with E-state index in [4.69, 9.17) is 4.74 Å². The molecule has 5 heteroatoms. The number of benzene rings is 2. The van der Waals surface area contributed by atoms with Gasteiger partial charge in [0.25, 0.3) is 0 Å². The number of nitrogens with zero attached hydrogens (tertiary/aromatic N) is 2. The van der Waals surface area contributed by atoms with Crippen LogP contribution in [0.15, 0.2) is 47.5 Å². The number of amides is 1. The van der Waals surface area contributed by atoms with E-state index in [9.17, 15) is 4.79 Å². The van der Waals surface area contributed by atoms with Crippen LogP contribution in [-0.2, 0) is 11.3 Å². The molecule has 1 N–H and O–H groups in total. The van der Waals surface area contributed by atoms with Crippen molar-refractivity contribution in [3.63, 3.8) is 0 Å². The Kier molecular flexibility index (Phi) is 6.24. The molecule has 2 aromatic rings. The van der Waals surface area contributed by atoms with Gasteiger partial charge in [0.15, 0.2) is 0 Å². The van der Waals surface area contributed by atoms with Gasteiger partial charge in [0, 0.05) is 11.9 Å². The van der Waals surface area contributed by atoms with Gasteiger partial charge in [-0.2, -0.15) is 0 Å². The van der Waals surface area contributed by atoms with Crippen LogP contribution >= 0.6 is 0 Å². The molecule has 1 unspecified atom stereocenters. The Bertz CT molecular complexity index is 830. The maximum atomic E-state index is 13.1. The van der Waals surface area contributed by atoms with Crippen molar-refractivity contribution in [2.24, 2.45) is 4.99 Å². The van der Waals surface area contributed by atoms with Crippen LogP contribution in [0.1, 0.15) is 35.4 Å². The van der Waals surface area contributed by atoms with Crippen molar-refractivity contribution in [1.82, 2.24) is 4.90 Å². The van der Waals surface area contributed by atoms with E-state index in [0.717, 1.165) is 48.5 Å². The summed E-state index contributed by atoms with van der Waals surface area (Å²) in [5.74, 6) is 0.561. The highest BCUT2D eigenvalue weighted by Gasteiger charge is 2.21. The van der Waals surface area contributed by atoms with Gasteiger partial charge in [-0.15, -0.1) is 0 Å². The summed E-state index contributed by atoms with van der Waals surface area (Å²) in [6.45, 7) is 1.67. The molecule has 0 saturated heterocycles. The van der Waals surface area contributed by atoms with Crippen LogP contribution in [-0.4, -0.2) is 44.8 Å². The van der Waals surface area contributed by atoms with Gasteiger partial charge < -0.3 is 15.0 Å². The average molecular weight is 365 g/mol. The number of hydrogen-bond acceptors (Lipinski definition) is 4. The Labute approximate surface area is 161 Å². The summed E-state index contributed by atoms with van der Waals surface area (Å²) in [5.41, 5.74) is 4.07. The van der Waals surface area contributed by atoms with Crippen LogP contribution in [0.4, 0.5) is 5.69 Å². The van der Waals surface area contributed by atoms with Crippen molar-refractivity contribution in [2.45, 2.75) is 25.3 Å². The van der Waals surface area contributed by atoms with E-state index >= 15 is 0 Å². The number of carbonyl (C=O) groups excluding carboxylic acids is 1. The molecule has 1 heterocycles. The zero-order valence-corrected chi connectivity index (χ0v) is 16.2. The minimum absolute atomic E-state index is 0.0110. The van der Waals surface area contributed by atoms with Crippen LogP contribution < -0.4 is 10.1 Å². The van der Waals surface area contributed by atoms with Gasteiger partial charge in [-0.05, 0) is 74.4 Å². The molecule has 0 aliphatic carbocycles. The Morgan fingerprint density at radius 2 is 2.11 bits per heavy atom. The van der Waals surface area contributed by atoms with Gasteiger partial charge in [0.05, 0.1) is 19.6 Å². The zero-order valence-electron chi connectivity index (χ0n) is 16.2. The Balaban J connectivity index is 1.77. The molecule has 142 valence electrons. The number of nitrogens with one attached hydrogen (secondary N) is 1. The van der Waals surface area contributed by atoms with Gasteiger partial charge in [0.1, 0.15) is 5.75 Å². The van der Waals surface area contributed by atoms with Gasteiger partial charge in [-0.25, -0.2) is 0 Å². The van der Waals surface area contributed by atoms with Gasteiger partial charge in [-0.1, -0.05) is 18.2 Å². The Hall–Kier alpha value is -2.66. The molecule has 27 heavy (non-hydrogen) atoms. The third kappa shape index (κ3) is 4.95. The smallest absolute Gasteiger partial charge is 0.231 e. The first-order chi connectivity index (χ1) is 13.1. The highest BCUT2D eigenvalue weighted by Crippen LogP contribution is 2.27. The largest absolute Gasteiger partial charge is 0.497 e. The van der Waals surface area contributed by atoms with Crippen molar-refractivity contribution in [3.8, 4) is 5.75 Å². The lowest BCUT2D eigenvalue weighted by atomic mass is 9.92. The predicted molar refractivity (Wildman–Crippen MR) is 110 cm³/mol. The molecule has 2 aromatic carbocycles. The molecule has 3 rings (SSSR count). The molecule has 1 aliphatic rings. The van der Waals surface area contributed by atoms with Crippen molar-refractivity contribution in [2.75, 3.05) is 33.1 Å². The fourth-order valence-electron chi connectivity index (χ4n) is 3.33. The average Bonchev–Trinajstić information content (AvgIpc) is 3.12. The SMILES string of the molecule is COc1cccc(C(CCCN(C)C)C(=O)Nc2ccc3c(c2)C=NC3)c1. The molecular formula is C22H27N3O2. The van der Waals surface area contributed by atoms with Crippen LogP contribution in [0.25, 0.3) is 0 Å². The second kappa shape index (κ2) is 8.82. The molecule has 0 bridgehead atoms. The first-order valence-electron chi connectivity index (χ1n) is 9.29. The molecule has 5 nitrogen and oxygen atoms in total. The van der Waals surface area contributed by atoms with Crippen molar-refractivity contribution >= 4 is 17.8 Å². The molecule has 0 saturated carbocycles. The maximum Gasteiger partial charge on any atom is 0.231 e. The van der Waals surface area contributed by atoms with Crippen molar-refractivity contribution in [3.05, 3.63) is 59.2 Å². The monoisotopic (exact) mass is 365 g/mol. The van der Waals surface area contributed by atoms with Gasteiger partial charge in [-0.3, -0.25) is 9.79 Å². The van der Waals surface area contributed by atoms with Crippen LogP contribution in [0.3, 0.4) is 0 Å². The first-order valence-corrected chi connectivity index (χ1v) is 9.29. The van der Waals surface area contributed by atoms with E-state index in [1.807, 2.05) is 62.8 Å². The Morgan fingerprint density at radius 3 is 2.89 bits per heavy atom. The third-order valence-corrected chi connectivity index (χ3v) is 4.82. The number of hydrogen-bond donors (Lipinski definition) is 1. The number of methoxy groups -OCH3 is 1. The van der Waals surface area contributed by atoms with E-state index < -0.39 is 0 Å². The minimum Gasteiger partial charge on any atom is -0.497 e.